The van der Waals surface area contributed by atoms with Crippen LogP contribution < -0.4 is 0 Å². The smallest absolute Gasteiger partial charge is 0.434 e. The molecule has 0 fully saturated rings. The topological polar surface area (TPSA) is 35.5 Å². The second-order valence-electron chi connectivity index (χ2n) is 5.95. The maximum absolute atomic E-state index is 11.8. The van der Waals surface area contributed by atoms with Gasteiger partial charge in [-0.05, 0) is 38.5 Å². The highest BCUT2D eigenvalue weighted by Crippen LogP contribution is 2.32. The summed E-state index contributed by atoms with van der Waals surface area (Å²) in [4.78, 5) is 11.8. The number of carbonyl (C=O) groups excluding carboxylic acids is 1. The molecular weight excluding hydrogens is 252 g/mol. The van der Waals surface area contributed by atoms with E-state index in [0.717, 1.165) is 38.5 Å². The van der Waals surface area contributed by atoms with Crippen LogP contribution in [0.5, 0.6) is 0 Å². The lowest BCUT2D eigenvalue weighted by Gasteiger charge is -2.31. The van der Waals surface area contributed by atoms with Gasteiger partial charge in [0.15, 0.2) is 0 Å². The highest BCUT2D eigenvalue weighted by Gasteiger charge is 2.28. The third-order valence-corrected chi connectivity index (χ3v) is 5.49. The van der Waals surface area contributed by atoms with E-state index in [4.69, 9.17) is 9.47 Å². The van der Waals surface area contributed by atoms with Crippen LogP contribution in [0.1, 0.15) is 80.1 Å². The molecule has 0 aromatic rings. The predicted molar refractivity (Wildman–Crippen MR) is 83.9 cm³/mol. The first-order chi connectivity index (χ1) is 9.46. The van der Waals surface area contributed by atoms with Gasteiger partial charge in [0, 0.05) is 10.8 Å². The Morgan fingerprint density at radius 3 is 1.10 bits per heavy atom. The summed E-state index contributed by atoms with van der Waals surface area (Å²) in [5, 5.41) is 0. The SMILES string of the molecule is CCC(CC)(CC)COC(=O)OCC(CC)(CC)CC. The van der Waals surface area contributed by atoms with Crippen LogP contribution in [0.15, 0.2) is 0 Å². The number of carbonyl (C=O) groups is 1. The molecule has 0 saturated heterocycles. The van der Waals surface area contributed by atoms with Crippen LogP contribution in [-0.2, 0) is 9.47 Å². The minimum atomic E-state index is -0.510. The average molecular weight is 286 g/mol. The van der Waals surface area contributed by atoms with Gasteiger partial charge in [-0.2, -0.15) is 0 Å². The quantitative estimate of drug-likeness (QED) is 0.492. The van der Waals surface area contributed by atoms with Gasteiger partial charge in [-0.15, -0.1) is 0 Å². The van der Waals surface area contributed by atoms with Gasteiger partial charge in [-0.1, -0.05) is 41.5 Å². The van der Waals surface area contributed by atoms with Crippen LogP contribution in [-0.4, -0.2) is 19.4 Å². The van der Waals surface area contributed by atoms with Crippen molar-refractivity contribution in [2.45, 2.75) is 80.1 Å². The predicted octanol–water partition coefficient (Wildman–Crippen LogP) is 5.57. The zero-order valence-corrected chi connectivity index (χ0v) is 14.4. The van der Waals surface area contributed by atoms with Crippen molar-refractivity contribution in [3.63, 3.8) is 0 Å². The number of rotatable bonds is 10. The molecule has 0 aliphatic carbocycles. The molecule has 0 heterocycles. The molecule has 0 aromatic heterocycles. The van der Waals surface area contributed by atoms with Gasteiger partial charge < -0.3 is 9.47 Å². The van der Waals surface area contributed by atoms with Crippen LogP contribution in [0, 0.1) is 10.8 Å². The monoisotopic (exact) mass is 286 g/mol. The second-order valence-corrected chi connectivity index (χ2v) is 5.95. The molecule has 0 aliphatic heterocycles. The molecule has 0 N–H and O–H groups in total. The number of ether oxygens (including phenoxy) is 2. The van der Waals surface area contributed by atoms with Crippen molar-refractivity contribution < 1.29 is 14.3 Å². The molecule has 0 bridgehead atoms. The van der Waals surface area contributed by atoms with Crippen molar-refractivity contribution in [2.75, 3.05) is 13.2 Å². The van der Waals surface area contributed by atoms with Crippen LogP contribution >= 0.6 is 0 Å². The summed E-state index contributed by atoms with van der Waals surface area (Å²) in [6.07, 6.45) is 5.63. The first-order valence-corrected chi connectivity index (χ1v) is 8.26. The number of hydrogen-bond donors (Lipinski definition) is 0. The van der Waals surface area contributed by atoms with Gasteiger partial charge in [-0.3, -0.25) is 0 Å². The molecule has 0 aliphatic rings. The fourth-order valence-corrected chi connectivity index (χ4v) is 2.58. The van der Waals surface area contributed by atoms with E-state index in [9.17, 15) is 4.79 Å². The lowest BCUT2D eigenvalue weighted by Crippen LogP contribution is -2.30. The van der Waals surface area contributed by atoms with Crippen molar-refractivity contribution in [3.8, 4) is 0 Å². The van der Waals surface area contributed by atoms with Crippen molar-refractivity contribution in [1.82, 2.24) is 0 Å². The minimum Gasteiger partial charge on any atom is -0.434 e. The van der Waals surface area contributed by atoms with Crippen LogP contribution in [0.2, 0.25) is 0 Å². The van der Waals surface area contributed by atoms with Crippen molar-refractivity contribution in [1.29, 1.82) is 0 Å². The van der Waals surface area contributed by atoms with Gasteiger partial charge >= 0.3 is 6.16 Å². The molecule has 0 saturated carbocycles. The molecule has 0 spiro atoms. The normalized spacial score (nSPS) is 12.3. The van der Waals surface area contributed by atoms with E-state index in [0.29, 0.717) is 13.2 Å². The van der Waals surface area contributed by atoms with E-state index in [-0.39, 0.29) is 10.8 Å². The summed E-state index contributed by atoms with van der Waals surface area (Å²) in [5.41, 5.74) is 0.215. The Hall–Kier alpha value is -0.730. The summed E-state index contributed by atoms with van der Waals surface area (Å²) >= 11 is 0. The van der Waals surface area contributed by atoms with Crippen LogP contribution in [0.25, 0.3) is 0 Å². The Morgan fingerprint density at radius 2 is 0.900 bits per heavy atom. The van der Waals surface area contributed by atoms with Gasteiger partial charge in [0.2, 0.25) is 0 Å². The summed E-state index contributed by atoms with van der Waals surface area (Å²) in [5.74, 6) is 0. The van der Waals surface area contributed by atoms with Crippen LogP contribution in [0.3, 0.4) is 0 Å². The standard InChI is InChI=1S/C17H34O3/c1-7-16(8-2,9-3)13-19-15(18)20-14-17(10-4,11-5)12-6/h7-14H2,1-6H3. The highest BCUT2D eigenvalue weighted by molar-refractivity contribution is 5.59. The first kappa shape index (κ1) is 19.3. The zero-order chi connectivity index (χ0) is 15.6. The fraction of sp³-hybridized carbons (Fsp3) is 0.941. The van der Waals surface area contributed by atoms with Gasteiger partial charge in [0.1, 0.15) is 13.2 Å². The Labute approximate surface area is 125 Å². The first-order valence-electron chi connectivity index (χ1n) is 8.26. The maximum Gasteiger partial charge on any atom is 0.508 e. The Bertz CT molecular complexity index is 223. The summed E-state index contributed by atoms with van der Waals surface area (Å²) in [6, 6.07) is 0. The summed E-state index contributed by atoms with van der Waals surface area (Å²) in [6.45, 7) is 13.8. The van der Waals surface area contributed by atoms with Crippen molar-refractivity contribution >= 4 is 6.16 Å². The van der Waals surface area contributed by atoms with Gasteiger partial charge in [-0.25, -0.2) is 4.79 Å². The zero-order valence-electron chi connectivity index (χ0n) is 14.4. The van der Waals surface area contributed by atoms with E-state index in [1.54, 1.807) is 0 Å². The third-order valence-electron chi connectivity index (χ3n) is 5.49. The van der Waals surface area contributed by atoms with E-state index in [1.807, 2.05) is 0 Å². The van der Waals surface area contributed by atoms with E-state index in [2.05, 4.69) is 41.5 Å². The lowest BCUT2D eigenvalue weighted by atomic mass is 9.81. The fourth-order valence-electron chi connectivity index (χ4n) is 2.58. The van der Waals surface area contributed by atoms with Crippen molar-refractivity contribution in [3.05, 3.63) is 0 Å². The van der Waals surface area contributed by atoms with Gasteiger partial charge in [0.25, 0.3) is 0 Å². The third kappa shape index (κ3) is 5.34. The molecule has 0 atom stereocenters. The van der Waals surface area contributed by atoms with Gasteiger partial charge in [0.05, 0.1) is 0 Å². The van der Waals surface area contributed by atoms with Crippen LogP contribution in [0.4, 0.5) is 4.79 Å². The van der Waals surface area contributed by atoms with E-state index >= 15 is 0 Å². The number of hydrogen-bond acceptors (Lipinski definition) is 3. The Balaban J connectivity index is 4.30. The Morgan fingerprint density at radius 1 is 0.650 bits per heavy atom. The Kier molecular flexibility index (Phi) is 8.91. The molecule has 0 rings (SSSR count). The molecule has 0 amide bonds. The largest absolute Gasteiger partial charge is 0.508 e. The lowest BCUT2D eigenvalue weighted by molar-refractivity contribution is -0.00714. The minimum absolute atomic E-state index is 0.108. The van der Waals surface area contributed by atoms with Crippen molar-refractivity contribution in [2.24, 2.45) is 10.8 Å². The maximum atomic E-state index is 11.8. The average Bonchev–Trinajstić information content (AvgIpc) is 2.51. The highest BCUT2D eigenvalue weighted by atomic mass is 16.7. The summed E-state index contributed by atoms with van der Waals surface area (Å²) < 4.78 is 10.7. The van der Waals surface area contributed by atoms with E-state index < -0.39 is 6.16 Å². The molecule has 0 aromatic carbocycles. The molecule has 3 nitrogen and oxygen atoms in total. The molecule has 0 radical (unpaired) electrons. The molecule has 3 heteroatoms. The molecule has 120 valence electrons. The molecule has 20 heavy (non-hydrogen) atoms. The summed E-state index contributed by atoms with van der Waals surface area (Å²) in [7, 11) is 0. The van der Waals surface area contributed by atoms with E-state index in [1.165, 1.54) is 0 Å². The molecule has 0 unspecified atom stereocenters. The molecular formula is C17H34O3. The second kappa shape index (κ2) is 9.25.